The monoisotopic (exact) mass is 284 g/mol. The van der Waals surface area contributed by atoms with Crippen LogP contribution in [0.5, 0.6) is 0 Å². The second kappa shape index (κ2) is 11.3. The molecule has 2 nitrogen and oxygen atoms in total. The SMILES string of the molecule is CC=CC(=O)O[Si](CCCC)(CCCC)CCCC. The Morgan fingerprint density at radius 2 is 1.37 bits per heavy atom. The van der Waals surface area contributed by atoms with Crippen molar-refractivity contribution in [1.29, 1.82) is 0 Å². The maximum atomic E-state index is 11.9. The van der Waals surface area contributed by atoms with E-state index in [9.17, 15) is 4.79 Å². The summed E-state index contributed by atoms with van der Waals surface area (Å²) in [6.07, 6.45) is 10.5. The summed E-state index contributed by atoms with van der Waals surface area (Å²) in [6.45, 7) is 8.51. The quantitative estimate of drug-likeness (QED) is 0.372. The van der Waals surface area contributed by atoms with Crippen LogP contribution >= 0.6 is 0 Å². The summed E-state index contributed by atoms with van der Waals surface area (Å²) in [7, 11) is -1.86. The van der Waals surface area contributed by atoms with Gasteiger partial charge in [-0.2, -0.15) is 0 Å². The van der Waals surface area contributed by atoms with Gasteiger partial charge in [-0.05, 0) is 25.1 Å². The molecule has 0 aromatic rings. The van der Waals surface area contributed by atoms with Crippen molar-refractivity contribution in [1.82, 2.24) is 0 Å². The summed E-state index contributed by atoms with van der Waals surface area (Å²) in [6, 6.07) is 3.44. The minimum Gasteiger partial charge on any atom is -0.516 e. The Labute approximate surface area is 120 Å². The molecule has 0 aromatic carbocycles. The molecule has 0 radical (unpaired) electrons. The highest BCUT2D eigenvalue weighted by atomic mass is 28.4. The first-order valence-corrected chi connectivity index (χ1v) is 10.5. The highest BCUT2D eigenvalue weighted by Crippen LogP contribution is 2.29. The van der Waals surface area contributed by atoms with Gasteiger partial charge in [0.1, 0.15) is 0 Å². The number of carbonyl (C=O) groups is 1. The van der Waals surface area contributed by atoms with Gasteiger partial charge >= 0.3 is 5.97 Å². The lowest BCUT2D eigenvalue weighted by molar-refractivity contribution is -0.129. The Bertz CT molecular complexity index is 240. The largest absolute Gasteiger partial charge is 0.516 e. The van der Waals surface area contributed by atoms with E-state index >= 15 is 0 Å². The van der Waals surface area contributed by atoms with E-state index in [1.807, 2.05) is 6.92 Å². The maximum absolute atomic E-state index is 11.9. The zero-order valence-corrected chi connectivity index (χ0v) is 14.3. The molecule has 0 spiro atoms. The van der Waals surface area contributed by atoms with Gasteiger partial charge in [0.25, 0.3) is 8.32 Å². The molecule has 0 amide bonds. The van der Waals surface area contributed by atoms with Crippen LogP contribution in [0.1, 0.15) is 66.2 Å². The van der Waals surface area contributed by atoms with Gasteiger partial charge in [0.05, 0.1) is 0 Å². The molecule has 0 saturated heterocycles. The Morgan fingerprint density at radius 3 is 1.68 bits per heavy atom. The summed E-state index contributed by atoms with van der Waals surface area (Å²) in [5.74, 6) is -0.113. The normalized spacial score (nSPS) is 12.0. The van der Waals surface area contributed by atoms with E-state index in [4.69, 9.17) is 4.43 Å². The zero-order valence-electron chi connectivity index (χ0n) is 13.3. The predicted molar refractivity (Wildman–Crippen MR) is 85.8 cm³/mol. The third-order valence-corrected chi connectivity index (χ3v) is 8.01. The molecule has 0 saturated carbocycles. The van der Waals surface area contributed by atoms with Crippen molar-refractivity contribution in [3.63, 3.8) is 0 Å². The van der Waals surface area contributed by atoms with E-state index in [1.165, 1.54) is 38.5 Å². The average molecular weight is 285 g/mol. The molecular weight excluding hydrogens is 252 g/mol. The van der Waals surface area contributed by atoms with E-state index in [1.54, 1.807) is 12.2 Å². The first kappa shape index (κ1) is 18.4. The van der Waals surface area contributed by atoms with Gasteiger partial charge in [-0.3, -0.25) is 0 Å². The van der Waals surface area contributed by atoms with Crippen LogP contribution < -0.4 is 0 Å². The fourth-order valence-electron chi connectivity index (χ4n) is 2.41. The van der Waals surface area contributed by atoms with E-state index in [0.29, 0.717) is 0 Å². The highest BCUT2D eigenvalue weighted by Gasteiger charge is 2.36. The topological polar surface area (TPSA) is 26.3 Å². The van der Waals surface area contributed by atoms with E-state index in [2.05, 4.69) is 20.8 Å². The van der Waals surface area contributed by atoms with Crippen LogP contribution in [0.4, 0.5) is 0 Å². The van der Waals surface area contributed by atoms with Crippen molar-refractivity contribution in [2.75, 3.05) is 0 Å². The van der Waals surface area contributed by atoms with Gasteiger partial charge in [0.2, 0.25) is 0 Å². The maximum Gasteiger partial charge on any atom is 0.317 e. The molecule has 0 rings (SSSR count). The van der Waals surface area contributed by atoms with Crippen molar-refractivity contribution in [3.05, 3.63) is 12.2 Å². The lowest BCUT2D eigenvalue weighted by Crippen LogP contribution is -2.40. The number of hydrogen-bond acceptors (Lipinski definition) is 2. The molecule has 0 aliphatic carbocycles. The smallest absolute Gasteiger partial charge is 0.317 e. The molecule has 3 heteroatoms. The molecular formula is C16H32O2Si. The zero-order chi connectivity index (χ0) is 14.6. The molecule has 0 N–H and O–H groups in total. The lowest BCUT2D eigenvalue weighted by Gasteiger charge is -2.31. The van der Waals surface area contributed by atoms with Crippen LogP contribution in [-0.4, -0.2) is 14.3 Å². The minimum atomic E-state index is -1.86. The summed E-state index contributed by atoms with van der Waals surface area (Å²) in [5, 5.41) is 0. The van der Waals surface area contributed by atoms with Crippen LogP contribution in [0, 0.1) is 0 Å². The molecule has 0 heterocycles. The second-order valence-corrected chi connectivity index (χ2v) is 9.48. The van der Waals surface area contributed by atoms with Gasteiger partial charge in [-0.15, -0.1) is 0 Å². The number of unbranched alkanes of at least 4 members (excludes halogenated alkanes) is 3. The predicted octanol–water partition coefficient (Wildman–Crippen LogP) is 5.45. The lowest BCUT2D eigenvalue weighted by atomic mass is 10.4. The molecule has 0 unspecified atom stereocenters. The molecule has 0 bridgehead atoms. The Kier molecular flexibility index (Phi) is 10.9. The number of hydrogen-bond donors (Lipinski definition) is 0. The molecule has 0 fully saturated rings. The Balaban J connectivity index is 4.79. The standard InChI is InChI=1S/C16H32O2Si/c1-5-9-13-19(14-10-6-2,15-11-7-3)18-16(17)12-8-4/h8,12H,5-7,9-11,13-15H2,1-4H3. The van der Waals surface area contributed by atoms with Gasteiger partial charge < -0.3 is 4.43 Å². The fourth-order valence-corrected chi connectivity index (χ4v) is 6.95. The van der Waals surface area contributed by atoms with Gasteiger partial charge in [-0.25, -0.2) is 4.79 Å². The number of rotatable bonds is 11. The van der Waals surface area contributed by atoms with E-state index in [0.717, 1.165) is 18.1 Å². The van der Waals surface area contributed by atoms with Crippen molar-refractivity contribution in [2.24, 2.45) is 0 Å². The van der Waals surface area contributed by atoms with Gasteiger partial charge in [-0.1, -0.05) is 65.4 Å². The second-order valence-electron chi connectivity index (χ2n) is 5.41. The van der Waals surface area contributed by atoms with Crippen LogP contribution in [0.2, 0.25) is 18.1 Å². The van der Waals surface area contributed by atoms with Crippen molar-refractivity contribution in [2.45, 2.75) is 84.4 Å². The van der Waals surface area contributed by atoms with Gasteiger partial charge in [0.15, 0.2) is 0 Å². The molecule has 0 aliphatic rings. The average Bonchev–Trinajstić information content (AvgIpc) is 2.40. The van der Waals surface area contributed by atoms with Crippen molar-refractivity contribution in [3.8, 4) is 0 Å². The fraction of sp³-hybridized carbons (Fsp3) is 0.812. The highest BCUT2D eigenvalue weighted by molar-refractivity contribution is 6.75. The summed E-state index contributed by atoms with van der Waals surface area (Å²) < 4.78 is 6.00. The Morgan fingerprint density at radius 1 is 0.947 bits per heavy atom. The van der Waals surface area contributed by atoms with Crippen LogP contribution in [0.3, 0.4) is 0 Å². The number of allylic oxidation sites excluding steroid dienone is 1. The molecule has 112 valence electrons. The first-order chi connectivity index (χ1) is 9.14. The molecule has 0 aliphatic heterocycles. The van der Waals surface area contributed by atoms with E-state index < -0.39 is 8.32 Å². The van der Waals surface area contributed by atoms with Gasteiger partial charge in [0, 0.05) is 6.08 Å². The molecule has 0 atom stereocenters. The number of carbonyl (C=O) groups excluding carboxylic acids is 1. The molecule has 0 aromatic heterocycles. The Hall–Kier alpha value is -0.573. The minimum absolute atomic E-state index is 0.113. The third kappa shape index (κ3) is 8.25. The van der Waals surface area contributed by atoms with E-state index in [-0.39, 0.29) is 5.97 Å². The van der Waals surface area contributed by atoms with Crippen LogP contribution in [-0.2, 0) is 9.22 Å². The third-order valence-electron chi connectivity index (χ3n) is 3.58. The summed E-state index contributed by atoms with van der Waals surface area (Å²) >= 11 is 0. The van der Waals surface area contributed by atoms with Crippen molar-refractivity contribution < 1.29 is 9.22 Å². The summed E-state index contributed by atoms with van der Waals surface area (Å²) in [5.41, 5.74) is 0. The summed E-state index contributed by atoms with van der Waals surface area (Å²) in [4.78, 5) is 11.9. The van der Waals surface area contributed by atoms with Crippen LogP contribution in [0.25, 0.3) is 0 Å². The van der Waals surface area contributed by atoms with Crippen molar-refractivity contribution >= 4 is 14.3 Å². The first-order valence-electron chi connectivity index (χ1n) is 7.99. The molecule has 19 heavy (non-hydrogen) atoms. The van der Waals surface area contributed by atoms with Crippen LogP contribution in [0.15, 0.2) is 12.2 Å².